The van der Waals surface area contributed by atoms with Crippen LogP contribution < -0.4 is 4.90 Å². The van der Waals surface area contributed by atoms with Crippen LogP contribution in [0.1, 0.15) is 22.3 Å². The van der Waals surface area contributed by atoms with E-state index in [4.69, 9.17) is 4.98 Å². The summed E-state index contributed by atoms with van der Waals surface area (Å²) in [5.74, 6) is 0. The Kier molecular flexibility index (Phi) is 9.15. The van der Waals surface area contributed by atoms with Gasteiger partial charge in [0.05, 0.1) is 22.5 Å². The van der Waals surface area contributed by atoms with Crippen molar-refractivity contribution in [3.8, 4) is 66.9 Å². The molecule has 0 N–H and O–H groups in total. The number of hydrogen-bond acceptors (Lipinski definition) is 2. The van der Waals surface area contributed by atoms with Gasteiger partial charge in [0.2, 0.25) is 0 Å². The molecule has 70 heavy (non-hydrogen) atoms. The average molecular weight is 889 g/mol. The second-order valence-corrected chi connectivity index (χ2v) is 18.6. The summed E-state index contributed by atoms with van der Waals surface area (Å²) in [6.45, 7) is 0. The van der Waals surface area contributed by atoms with Gasteiger partial charge in [-0.25, -0.2) is 0 Å². The molecule has 1 spiro atoms. The van der Waals surface area contributed by atoms with Crippen molar-refractivity contribution in [3.05, 3.63) is 289 Å². The second kappa shape index (κ2) is 16.0. The first-order valence-corrected chi connectivity index (χ1v) is 24.2. The first-order chi connectivity index (χ1) is 34.7. The SMILES string of the molecule is c1ccc(-c2ccc(-c3c4ccccc4c(-c4ccc(-c5ccc(-c6ccc7c(c6)-c6ccccc6C76c7ccccc7N(c7ccccc7)c7ccccc76)cc5)nc4)c4ccccc34)cc2)cc1. The third-order valence-corrected chi connectivity index (χ3v) is 14.9. The number of benzene rings is 11. The maximum Gasteiger partial charge on any atom is 0.0754 e. The van der Waals surface area contributed by atoms with Crippen LogP contribution in [0.2, 0.25) is 0 Å². The third kappa shape index (κ3) is 6.03. The van der Waals surface area contributed by atoms with E-state index in [1.165, 1.54) is 105 Å². The molecule has 1 aromatic heterocycles. The Bertz CT molecular complexity index is 3860. The Morgan fingerprint density at radius 2 is 0.714 bits per heavy atom. The first-order valence-electron chi connectivity index (χ1n) is 24.2. The maximum atomic E-state index is 5.14. The van der Waals surface area contributed by atoms with Crippen molar-refractivity contribution in [1.29, 1.82) is 0 Å². The van der Waals surface area contributed by atoms with Gasteiger partial charge in [-0.3, -0.25) is 4.98 Å². The minimum atomic E-state index is -0.472. The van der Waals surface area contributed by atoms with Crippen molar-refractivity contribution in [2.24, 2.45) is 0 Å². The molecule has 2 nitrogen and oxygen atoms in total. The van der Waals surface area contributed by atoms with Crippen molar-refractivity contribution < 1.29 is 0 Å². The molecule has 0 fully saturated rings. The van der Waals surface area contributed by atoms with Gasteiger partial charge in [-0.05, 0) is 130 Å². The molecule has 0 amide bonds. The van der Waals surface area contributed by atoms with Gasteiger partial charge in [-0.15, -0.1) is 0 Å². The highest BCUT2D eigenvalue weighted by atomic mass is 15.2. The number of nitrogens with zero attached hydrogens (tertiary/aromatic N) is 2. The highest BCUT2D eigenvalue weighted by Gasteiger charge is 2.51. The van der Waals surface area contributed by atoms with E-state index < -0.39 is 5.41 Å². The number of pyridine rings is 1. The van der Waals surface area contributed by atoms with Gasteiger partial charge in [0.25, 0.3) is 0 Å². The molecule has 0 radical (unpaired) electrons. The van der Waals surface area contributed by atoms with Crippen LogP contribution in [0, 0.1) is 0 Å². The molecule has 0 unspecified atom stereocenters. The molecular weight excluding hydrogens is 845 g/mol. The summed E-state index contributed by atoms with van der Waals surface area (Å²) in [7, 11) is 0. The zero-order chi connectivity index (χ0) is 46.2. The number of para-hydroxylation sites is 3. The van der Waals surface area contributed by atoms with E-state index in [-0.39, 0.29) is 0 Å². The average Bonchev–Trinajstić information content (AvgIpc) is 3.73. The largest absolute Gasteiger partial charge is 0.310 e. The van der Waals surface area contributed by atoms with Crippen molar-refractivity contribution >= 4 is 38.6 Å². The van der Waals surface area contributed by atoms with E-state index in [1.54, 1.807) is 0 Å². The lowest BCUT2D eigenvalue weighted by molar-refractivity contribution is 0.753. The summed E-state index contributed by atoms with van der Waals surface area (Å²) in [5.41, 5.74) is 22.5. The van der Waals surface area contributed by atoms with E-state index in [0.29, 0.717) is 0 Å². The van der Waals surface area contributed by atoms with Crippen LogP contribution in [0.4, 0.5) is 17.1 Å². The van der Waals surface area contributed by atoms with Gasteiger partial charge in [0.1, 0.15) is 0 Å². The monoisotopic (exact) mass is 888 g/mol. The van der Waals surface area contributed by atoms with Gasteiger partial charge < -0.3 is 4.90 Å². The minimum absolute atomic E-state index is 0.472. The van der Waals surface area contributed by atoms with Gasteiger partial charge in [0.15, 0.2) is 0 Å². The highest BCUT2D eigenvalue weighted by molar-refractivity contribution is 6.21. The zero-order valence-electron chi connectivity index (χ0n) is 38.3. The van der Waals surface area contributed by atoms with Crippen LogP contribution in [0.25, 0.3) is 88.4 Å². The number of anilines is 3. The quantitative estimate of drug-likeness (QED) is 0.155. The topological polar surface area (TPSA) is 16.1 Å². The third-order valence-electron chi connectivity index (χ3n) is 14.9. The maximum absolute atomic E-state index is 5.14. The van der Waals surface area contributed by atoms with Crippen LogP contribution in [-0.2, 0) is 5.41 Å². The summed E-state index contributed by atoms with van der Waals surface area (Å²) in [6, 6.07) is 95.6. The predicted octanol–water partition coefficient (Wildman–Crippen LogP) is 17.9. The van der Waals surface area contributed by atoms with Crippen LogP contribution in [0.3, 0.4) is 0 Å². The standard InChI is InChI=1S/C68H44N2/c1-3-17-45(18-4-1)46-33-37-49(38-34-46)66-54-22-7-9-24-56(54)67(57-25-10-8-23-55(57)66)51-40-42-63(69-44-51)48-35-31-47(32-36-48)50-39-41-60-58(43-50)53-21-11-12-26-59(53)68(60)61-27-13-15-29-64(61)70(52-19-5-2-6-20-52)65-30-16-14-28-62(65)68/h1-44H. The predicted molar refractivity (Wildman–Crippen MR) is 292 cm³/mol. The summed E-state index contributed by atoms with van der Waals surface area (Å²) >= 11 is 0. The first kappa shape index (κ1) is 40.0. The molecule has 2 heteroatoms. The highest BCUT2D eigenvalue weighted by Crippen LogP contribution is 2.63. The molecule has 14 rings (SSSR count). The molecule has 326 valence electrons. The summed E-state index contributed by atoms with van der Waals surface area (Å²) in [6.07, 6.45) is 2.06. The minimum Gasteiger partial charge on any atom is -0.310 e. The van der Waals surface area contributed by atoms with Crippen LogP contribution in [-0.4, -0.2) is 4.98 Å². The van der Waals surface area contributed by atoms with E-state index >= 15 is 0 Å². The Morgan fingerprint density at radius 3 is 1.31 bits per heavy atom. The van der Waals surface area contributed by atoms with Gasteiger partial charge in [-0.2, -0.15) is 0 Å². The number of aromatic nitrogens is 1. The van der Waals surface area contributed by atoms with Crippen LogP contribution in [0.5, 0.6) is 0 Å². The van der Waals surface area contributed by atoms with E-state index in [9.17, 15) is 0 Å². The van der Waals surface area contributed by atoms with Gasteiger partial charge >= 0.3 is 0 Å². The van der Waals surface area contributed by atoms with E-state index in [1.807, 2.05) is 0 Å². The summed E-state index contributed by atoms with van der Waals surface area (Å²) in [5, 5.41) is 4.90. The van der Waals surface area contributed by atoms with Crippen molar-refractivity contribution in [1.82, 2.24) is 4.98 Å². The number of fused-ring (bicyclic) bond motifs is 11. The Morgan fingerprint density at radius 1 is 0.286 bits per heavy atom. The molecule has 12 aromatic rings. The number of rotatable bonds is 6. The summed E-state index contributed by atoms with van der Waals surface area (Å²) < 4.78 is 0. The molecular formula is C68H44N2. The van der Waals surface area contributed by atoms with Crippen molar-refractivity contribution in [2.45, 2.75) is 5.41 Å². The lowest BCUT2D eigenvalue weighted by atomic mass is 9.64. The lowest BCUT2D eigenvalue weighted by Gasteiger charge is -2.45. The molecule has 0 bridgehead atoms. The Hall–Kier alpha value is -9.11. The van der Waals surface area contributed by atoms with E-state index in [0.717, 1.165) is 22.5 Å². The van der Waals surface area contributed by atoms with Crippen molar-refractivity contribution in [2.75, 3.05) is 4.90 Å². The molecule has 1 aliphatic carbocycles. The zero-order valence-corrected chi connectivity index (χ0v) is 38.3. The van der Waals surface area contributed by atoms with Gasteiger partial charge in [-0.1, -0.05) is 224 Å². The molecule has 0 saturated heterocycles. The van der Waals surface area contributed by atoms with Crippen molar-refractivity contribution in [3.63, 3.8) is 0 Å². The molecule has 2 aliphatic rings. The normalized spacial score (nSPS) is 12.9. The summed E-state index contributed by atoms with van der Waals surface area (Å²) in [4.78, 5) is 7.57. The Balaban J connectivity index is 0.815. The smallest absolute Gasteiger partial charge is 0.0754 e. The number of hydrogen-bond donors (Lipinski definition) is 0. The fourth-order valence-electron chi connectivity index (χ4n) is 11.9. The lowest BCUT2D eigenvalue weighted by Crippen LogP contribution is -2.36. The molecule has 2 heterocycles. The second-order valence-electron chi connectivity index (χ2n) is 18.6. The fourth-order valence-corrected chi connectivity index (χ4v) is 11.9. The van der Waals surface area contributed by atoms with Crippen LogP contribution >= 0.6 is 0 Å². The van der Waals surface area contributed by atoms with Crippen LogP contribution in [0.15, 0.2) is 267 Å². The Labute approximate surface area is 408 Å². The van der Waals surface area contributed by atoms with E-state index in [2.05, 4.69) is 272 Å². The van der Waals surface area contributed by atoms with Gasteiger partial charge in [0, 0.05) is 23.0 Å². The molecule has 11 aromatic carbocycles. The molecule has 1 aliphatic heterocycles. The fraction of sp³-hybridized carbons (Fsp3) is 0.0147. The molecule has 0 saturated carbocycles. The molecule has 0 atom stereocenters.